The van der Waals surface area contributed by atoms with Gasteiger partial charge in [0, 0.05) is 57.9 Å². The molecule has 2 aliphatic heterocycles. The molecule has 0 spiro atoms. The standard InChI is InChI=1S/C25H27N7O/c33-25(30-16-14-29(15-17-30)22-9-1-2-10-26-22)19-6-4-12-31(18-19)24-21-8-5-13-32(21)20-7-3-11-27-23(20)28-24/h1-3,5,7-11,13,19H,4,6,12,14-18H2. The maximum absolute atomic E-state index is 13.4. The van der Waals surface area contributed by atoms with Crippen LogP contribution in [0.5, 0.6) is 0 Å². The zero-order chi connectivity index (χ0) is 22.2. The lowest BCUT2D eigenvalue weighted by molar-refractivity contribution is -0.136. The van der Waals surface area contributed by atoms with Gasteiger partial charge in [0.15, 0.2) is 11.5 Å². The third kappa shape index (κ3) is 3.65. The molecule has 1 amide bonds. The summed E-state index contributed by atoms with van der Waals surface area (Å²) in [7, 11) is 0. The lowest BCUT2D eigenvalue weighted by atomic mass is 9.96. The Morgan fingerprint density at radius 3 is 2.55 bits per heavy atom. The second-order valence-corrected chi connectivity index (χ2v) is 8.83. The lowest BCUT2D eigenvalue weighted by Crippen LogP contribution is -2.52. The van der Waals surface area contributed by atoms with Gasteiger partial charge in [-0.15, -0.1) is 0 Å². The van der Waals surface area contributed by atoms with Crippen LogP contribution in [0.4, 0.5) is 11.6 Å². The highest BCUT2D eigenvalue weighted by Gasteiger charge is 2.32. The van der Waals surface area contributed by atoms with Gasteiger partial charge in [0.1, 0.15) is 5.82 Å². The highest BCUT2D eigenvalue weighted by molar-refractivity contribution is 5.84. The zero-order valence-electron chi connectivity index (χ0n) is 18.5. The lowest BCUT2D eigenvalue weighted by Gasteiger charge is -2.39. The van der Waals surface area contributed by atoms with E-state index in [1.807, 2.05) is 47.5 Å². The Bertz CT molecular complexity index is 1280. The van der Waals surface area contributed by atoms with E-state index in [4.69, 9.17) is 4.98 Å². The molecule has 4 aromatic rings. The Hall–Kier alpha value is -3.68. The number of amides is 1. The molecule has 6 rings (SSSR count). The number of anilines is 2. The molecule has 0 aliphatic carbocycles. The van der Waals surface area contributed by atoms with E-state index in [0.29, 0.717) is 6.54 Å². The minimum Gasteiger partial charge on any atom is -0.354 e. The van der Waals surface area contributed by atoms with Crippen molar-refractivity contribution in [3.05, 3.63) is 61.1 Å². The number of pyridine rings is 2. The van der Waals surface area contributed by atoms with Gasteiger partial charge in [-0.2, -0.15) is 0 Å². The summed E-state index contributed by atoms with van der Waals surface area (Å²) in [4.78, 5) is 33.8. The minimum absolute atomic E-state index is 0.00334. The maximum atomic E-state index is 13.4. The highest BCUT2D eigenvalue weighted by atomic mass is 16.2. The smallest absolute Gasteiger partial charge is 0.227 e. The van der Waals surface area contributed by atoms with Gasteiger partial charge in [-0.25, -0.2) is 15.0 Å². The van der Waals surface area contributed by atoms with E-state index < -0.39 is 0 Å². The molecule has 1 unspecified atom stereocenters. The molecule has 2 fully saturated rings. The van der Waals surface area contributed by atoms with E-state index in [1.54, 1.807) is 6.20 Å². The third-order valence-corrected chi connectivity index (χ3v) is 6.85. The molecule has 2 aliphatic rings. The third-order valence-electron chi connectivity index (χ3n) is 6.85. The Morgan fingerprint density at radius 2 is 1.70 bits per heavy atom. The average molecular weight is 442 g/mol. The van der Waals surface area contributed by atoms with Crippen LogP contribution in [0.3, 0.4) is 0 Å². The molecular weight excluding hydrogens is 414 g/mol. The number of aromatic nitrogens is 4. The van der Waals surface area contributed by atoms with Crippen LogP contribution >= 0.6 is 0 Å². The van der Waals surface area contributed by atoms with Crippen LogP contribution in [-0.4, -0.2) is 69.4 Å². The molecule has 0 aromatic carbocycles. The summed E-state index contributed by atoms with van der Waals surface area (Å²) < 4.78 is 2.15. The number of carbonyl (C=O) groups excluding carboxylic acids is 1. The van der Waals surface area contributed by atoms with E-state index in [1.165, 1.54) is 0 Å². The van der Waals surface area contributed by atoms with Crippen molar-refractivity contribution in [2.45, 2.75) is 12.8 Å². The predicted octanol–water partition coefficient (Wildman–Crippen LogP) is 2.84. The van der Waals surface area contributed by atoms with Crippen LogP contribution in [0.15, 0.2) is 61.1 Å². The van der Waals surface area contributed by atoms with Gasteiger partial charge < -0.3 is 19.1 Å². The SMILES string of the molecule is O=C(C1CCCN(c2nc3ncccc3n3cccc23)C1)N1CCN(c2ccccn2)CC1. The molecule has 8 nitrogen and oxygen atoms in total. The average Bonchev–Trinajstić information content (AvgIpc) is 3.39. The van der Waals surface area contributed by atoms with Crippen molar-refractivity contribution in [2.75, 3.05) is 49.1 Å². The van der Waals surface area contributed by atoms with Crippen molar-refractivity contribution in [3.8, 4) is 0 Å². The van der Waals surface area contributed by atoms with E-state index in [2.05, 4.69) is 36.4 Å². The fourth-order valence-corrected chi connectivity index (χ4v) is 5.15. The van der Waals surface area contributed by atoms with E-state index in [0.717, 1.165) is 73.9 Å². The zero-order valence-corrected chi connectivity index (χ0v) is 18.5. The largest absolute Gasteiger partial charge is 0.354 e. The van der Waals surface area contributed by atoms with Crippen LogP contribution in [0.2, 0.25) is 0 Å². The molecule has 2 saturated heterocycles. The first-order chi connectivity index (χ1) is 16.3. The summed E-state index contributed by atoms with van der Waals surface area (Å²) in [5.41, 5.74) is 2.79. The second-order valence-electron chi connectivity index (χ2n) is 8.83. The van der Waals surface area contributed by atoms with Crippen LogP contribution in [0, 0.1) is 5.92 Å². The van der Waals surface area contributed by atoms with Gasteiger partial charge in [-0.05, 0) is 49.2 Å². The number of nitrogens with zero attached hydrogens (tertiary/aromatic N) is 7. The molecule has 1 atom stereocenters. The first-order valence-corrected chi connectivity index (χ1v) is 11.7. The Morgan fingerprint density at radius 1 is 0.848 bits per heavy atom. The summed E-state index contributed by atoms with van der Waals surface area (Å²) in [6.07, 6.45) is 7.57. The van der Waals surface area contributed by atoms with Crippen molar-refractivity contribution < 1.29 is 4.79 Å². The number of piperidine rings is 1. The monoisotopic (exact) mass is 441 g/mol. The van der Waals surface area contributed by atoms with E-state index in [9.17, 15) is 4.79 Å². The van der Waals surface area contributed by atoms with Crippen LogP contribution in [-0.2, 0) is 4.79 Å². The van der Waals surface area contributed by atoms with Gasteiger partial charge in [-0.1, -0.05) is 6.07 Å². The number of hydrogen-bond acceptors (Lipinski definition) is 6. The Balaban J connectivity index is 1.19. The predicted molar refractivity (Wildman–Crippen MR) is 128 cm³/mol. The number of piperazine rings is 1. The summed E-state index contributed by atoms with van der Waals surface area (Å²) >= 11 is 0. The summed E-state index contributed by atoms with van der Waals surface area (Å²) in [6.45, 7) is 4.73. The first kappa shape index (κ1) is 20.0. The molecule has 0 N–H and O–H groups in total. The summed E-state index contributed by atoms with van der Waals surface area (Å²) in [5, 5.41) is 0. The fourth-order valence-electron chi connectivity index (χ4n) is 5.15. The number of hydrogen-bond donors (Lipinski definition) is 0. The molecule has 0 radical (unpaired) electrons. The molecule has 0 bridgehead atoms. The van der Waals surface area contributed by atoms with Crippen molar-refractivity contribution in [1.82, 2.24) is 24.3 Å². The molecule has 6 heterocycles. The first-order valence-electron chi connectivity index (χ1n) is 11.7. The molecular formula is C25H27N7O. The molecule has 4 aromatic heterocycles. The molecule has 8 heteroatoms. The Kier molecular flexibility index (Phi) is 5.05. The fraction of sp³-hybridized carbons (Fsp3) is 0.360. The van der Waals surface area contributed by atoms with Crippen molar-refractivity contribution in [3.63, 3.8) is 0 Å². The second kappa shape index (κ2) is 8.35. The van der Waals surface area contributed by atoms with Gasteiger partial charge in [-0.3, -0.25) is 4.79 Å². The normalized spacial score (nSPS) is 19.4. The number of rotatable bonds is 3. The number of carbonyl (C=O) groups is 1. The van der Waals surface area contributed by atoms with Gasteiger partial charge in [0.05, 0.1) is 17.0 Å². The highest BCUT2D eigenvalue weighted by Crippen LogP contribution is 2.29. The van der Waals surface area contributed by atoms with Gasteiger partial charge in [0.25, 0.3) is 0 Å². The van der Waals surface area contributed by atoms with Gasteiger partial charge in [0.2, 0.25) is 5.91 Å². The van der Waals surface area contributed by atoms with Crippen LogP contribution in [0.25, 0.3) is 16.7 Å². The summed E-state index contributed by atoms with van der Waals surface area (Å²) in [6, 6.07) is 14.1. The topological polar surface area (TPSA) is 69.9 Å². The number of fused-ring (bicyclic) bond motifs is 3. The molecule has 168 valence electrons. The maximum Gasteiger partial charge on any atom is 0.227 e. The van der Waals surface area contributed by atoms with Crippen molar-refractivity contribution >= 4 is 34.2 Å². The van der Waals surface area contributed by atoms with Crippen molar-refractivity contribution in [1.29, 1.82) is 0 Å². The van der Waals surface area contributed by atoms with E-state index in [-0.39, 0.29) is 11.8 Å². The quantitative estimate of drug-likeness (QED) is 0.487. The molecule has 33 heavy (non-hydrogen) atoms. The molecule has 0 saturated carbocycles. The van der Waals surface area contributed by atoms with Crippen LogP contribution < -0.4 is 9.80 Å². The van der Waals surface area contributed by atoms with Crippen molar-refractivity contribution in [2.24, 2.45) is 5.92 Å². The van der Waals surface area contributed by atoms with Crippen LogP contribution in [0.1, 0.15) is 12.8 Å². The Labute approximate surface area is 192 Å². The summed E-state index contributed by atoms with van der Waals surface area (Å²) in [5.74, 6) is 2.17. The van der Waals surface area contributed by atoms with Gasteiger partial charge >= 0.3 is 0 Å². The minimum atomic E-state index is -0.00334. The van der Waals surface area contributed by atoms with E-state index >= 15 is 0 Å².